The predicted molar refractivity (Wildman–Crippen MR) is 48.8 cm³/mol. The van der Waals surface area contributed by atoms with E-state index >= 15 is 0 Å². The van der Waals surface area contributed by atoms with Gasteiger partial charge >= 0.3 is 0 Å². The molecule has 0 saturated carbocycles. The molecule has 0 fully saturated rings. The fourth-order valence-corrected chi connectivity index (χ4v) is 0.521. The average molecular weight is 160 g/mol. The second-order valence-electron chi connectivity index (χ2n) is 2.03. The first kappa shape index (κ1) is 13.2. The molecule has 0 aromatic carbocycles. The van der Waals surface area contributed by atoms with Gasteiger partial charge in [0.25, 0.3) is 0 Å². The second-order valence-corrected chi connectivity index (χ2v) is 2.03. The summed E-state index contributed by atoms with van der Waals surface area (Å²) < 4.78 is 0. The second kappa shape index (κ2) is 12.3. The van der Waals surface area contributed by atoms with Gasteiger partial charge in [-0.3, -0.25) is 4.90 Å². The summed E-state index contributed by atoms with van der Waals surface area (Å²) in [5, 5.41) is 3.00. The van der Waals surface area contributed by atoms with Crippen LogP contribution in [0.25, 0.3) is 0 Å². The molecule has 0 heterocycles. The lowest BCUT2D eigenvalue weighted by Crippen LogP contribution is -2.28. The number of nitrogens with zero attached hydrogens (tertiary/aromatic N) is 1. The van der Waals surface area contributed by atoms with Crippen LogP contribution in [0.3, 0.4) is 0 Å². The minimum Gasteiger partial charge on any atom is -0.318 e. The van der Waals surface area contributed by atoms with Gasteiger partial charge in [-0.2, -0.15) is 0 Å². The van der Waals surface area contributed by atoms with Gasteiger partial charge in [0, 0.05) is 13.1 Å². The number of carbonyl (C=O) groups is 1. The highest BCUT2D eigenvalue weighted by molar-refractivity contribution is 5.51. The molecule has 0 aromatic rings. The maximum absolute atomic E-state index is 9.92. The van der Waals surface area contributed by atoms with Crippen molar-refractivity contribution in [1.29, 1.82) is 0 Å². The molecular formula is C8H20N2O. The van der Waals surface area contributed by atoms with Gasteiger partial charge in [0.2, 0.25) is 0 Å². The largest absolute Gasteiger partial charge is 0.318 e. The Hall–Kier alpha value is -0.410. The molecule has 0 aliphatic heterocycles. The van der Waals surface area contributed by atoms with Gasteiger partial charge in [0.1, 0.15) is 6.29 Å². The molecule has 1 N–H and O–H groups in total. The highest BCUT2D eigenvalue weighted by Gasteiger charge is 1.92. The molecular weight excluding hydrogens is 140 g/mol. The number of aldehydes is 1. The zero-order chi connectivity index (χ0) is 9.11. The molecule has 0 rings (SSSR count). The standard InChI is InChI=1S/C6H14N2O.C2H6/c1-7-3-4-8(2)5-6-9;1-2/h6-7H,3-5H2,1-2H3;1-2H3. The molecule has 11 heavy (non-hydrogen) atoms. The number of hydrogen-bond acceptors (Lipinski definition) is 3. The van der Waals surface area contributed by atoms with Crippen LogP contribution in [0.15, 0.2) is 0 Å². The van der Waals surface area contributed by atoms with Crippen LogP contribution in [0, 0.1) is 0 Å². The van der Waals surface area contributed by atoms with Crippen molar-refractivity contribution < 1.29 is 4.79 Å². The van der Waals surface area contributed by atoms with Crippen LogP contribution in [-0.2, 0) is 4.79 Å². The summed E-state index contributed by atoms with van der Waals surface area (Å²) in [5.74, 6) is 0. The highest BCUT2D eigenvalue weighted by Crippen LogP contribution is 1.74. The van der Waals surface area contributed by atoms with Crippen molar-refractivity contribution in [1.82, 2.24) is 10.2 Å². The van der Waals surface area contributed by atoms with Crippen LogP contribution in [0.4, 0.5) is 0 Å². The van der Waals surface area contributed by atoms with E-state index in [9.17, 15) is 4.79 Å². The van der Waals surface area contributed by atoms with Crippen molar-refractivity contribution >= 4 is 6.29 Å². The first-order valence-corrected chi connectivity index (χ1v) is 4.08. The first-order valence-electron chi connectivity index (χ1n) is 4.08. The van der Waals surface area contributed by atoms with Crippen molar-refractivity contribution in [3.05, 3.63) is 0 Å². The molecule has 0 aromatic heterocycles. The molecule has 68 valence electrons. The third-order valence-electron chi connectivity index (χ3n) is 1.13. The molecule has 0 spiro atoms. The topological polar surface area (TPSA) is 32.3 Å². The van der Waals surface area contributed by atoms with E-state index in [1.165, 1.54) is 0 Å². The van der Waals surface area contributed by atoms with E-state index in [1.54, 1.807) is 0 Å². The van der Waals surface area contributed by atoms with E-state index in [4.69, 9.17) is 0 Å². The van der Waals surface area contributed by atoms with Crippen molar-refractivity contribution in [3.8, 4) is 0 Å². The van der Waals surface area contributed by atoms with Crippen molar-refractivity contribution in [3.63, 3.8) is 0 Å². The molecule has 3 nitrogen and oxygen atoms in total. The summed E-state index contributed by atoms with van der Waals surface area (Å²) in [6.07, 6.45) is 0.912. The summed E-state index contributed by atoms with van der Waals surface area (Å²) in [4.78, 5) is 11.9. The maximum atomic E-state index is 9.92. The predicted octanol–water partition coefficient (Wildman–Crippen LogP) is 0.363. The molecule has 0 radical (unpaired) electrons. The molecule has 0 unspecified atom stereocenters. The van der Waals surface area contributed by atoms with Gasteiger partial charge in [-0.05, 0) is 14.1 Å². The van der Waals surface area contributed by atoms with Crippen LogP contribution in [0.1, 0.15) is 13.8 Å². The first-order chi connectivity index (χ1) is 5.31. The minimum absolute atomic E-state index is 0.529. The Morgan fingerprint density at radius 3 is 2.36 bits per heavy atom. The summed E-state index contributed by atoms with van der Waals surface area (Å²) in [6, 6.07) is 0. The van der Waals surface area contributed by atoms with E-state index in [0.717, 1.165) is 19.4 Å². The lowest BCUT2D eigenvalue weighted by atomic mass is 10.5. The lowest BCUT2D eigenvalue weighted by molar-refractivity contribution is -0.108. The molecule has 0 amide bonds. The number of nitrogens with one attached hydrogen (secondary N) is 1. The fourth-order valence-electron chi connectivity index (χ4n) is 0.521. The number of hydrogen-bond donors (Lipinski definition) is 1. The molecule has 0 saturated heterocycles. The Bertz CT molecular complexity index is 76.5. The summed E-state index contributed by atoms with van der Waals surface area (Å²) in [7, 11) is 3.82. The van der Waals surface area contributed by atoms with E-state index in [0.29, 0.717) is 6.54 Å². The lowest BCUT2D eigenvalue weighted by Gasteiger charge is -2.11. The van der Waals surface area contributed by atoms with Crippen molar-refractivity contribution in [2.24, 2.45) is 0 Å². The third kappa shape index (κ3) is 12.7. The van der Waals surface area contributed by atoms with E-state index in [2.05, 4.69) is 5.32 Å². The fraction of sp³-hybridized carbons (Fsp3) is 0.875. The number of carbonyl (C=O) groups excluding carboxylic acids is 1. The zero-order valence-corrected chi connectivity index (χ0v) is 8.05. The quantitative estimate of drug-likeness (QED) is 0.589. The maximum Gasteiger partial charge on any atom is 0.133 e. The minimum atomic E-state index is 0.529. The van der Waals surface area contributed by atoms with Gasteiger partial charge in [-0.15, -0.1) is 0 Å². The van der Waals surface area contributed by atoms with Gasteiger partial charge < -0.3 is 10.1 Å². The zero-order valence-electron chi connectivity index (χ0n) is 8.05. The Morgan fingerprint density at radius 2 is 2.00 bits per heavy atom. The molecule has 0 bridgehead atoms. The Morgan fingerprint density at radius 1 is 1.45 bits per heavy atom. The summed E-state index contributed by atoms with van der Waals surface area (Å²) >= 11 is 0. The Kier molecular flexibility index (Phi) is 14.7. The Balaban J connectivity index is 0. The molecule has 0 atom stereocenters. The smallest absolute Gasteiger partial charge is 0.133 e. The van der Waals surface area contributed by atoms with Crippen LogP contribution >= 0.6 is 0 Å². The normalized spacial score (nSPS) is 8.82. The molecule has 0 aliphatic rings. The summed E-state index contributed by atoms with van der Waals surface area (Å²) in [5.41, 5.74) is 0. The van der Waals surface area contributed by atoms with Crippen LogP contribution in [0.2, 0.25) is 0 Å². The van der Waals surface area contributed by atoms with Gasteiger partial charge in [-0.25, -0.2) is 0 Å². The van der Waals surface area contributed by atoms with E-state index in [-0.39, 0.29) is 0 Å². The van der Waals surface area contributed by atoms with Gasteiger partial charge in [-0.1, -0.05) is 13.8 Å². The van der Waals surface area contributed by atoms with E-state index in [1.807, 2.05) is 32.8 Å². The van der Waals surface area contributed by atoms with E-state index < -0.39 is 0 Å². The van der Waals surface area contributed by atoms with Crippen LogP contribution in [-0.4, -0.2) is 44.9 Å². The highest BCUT2D eigenvalue weighted by atomic mass is 16.1. The van der Waals surface area contributed by atoms with Crippen molar-refractivity contribution in [2.45, 2.75) is 13.8 Å². The SMILES string of the molecule is CC.CNCCN(C)CC=O. The molecule has 0 aliphatic carbocycles. The van der Waals surface area contributed by atoms with Crippen molar-refractivity contribution in [2.75, 3.05) is 33.7 Å². The summed E-state index contributed by atoms with van der Waals surface area (Å²) in [6.45, 7) is 6.39. The monoisotopic (exact) mass is 160 g/mol. The van der Waals surface area contributed by atoms with Gasteiger partial charge in [0.15, 0.2) is 0 Å². The third-order valence-corrected chi connectivity index (χ3v) is 1.13. The van der Waals surface area contributed by atoms with Gasteiger partial charge in [0.05, 0.1) is 6.54 Å². The Labute approximate surface area is 69.8 Å². The number of likely N-dealkylation sites (N-methyl/N-ethyl adjacent to an activating group) is 2. The average Bonchev–Trinajstić information content (AvgIpc) is 2.05. The molecule has 3 heteroatoms. The van der Waals surface area contributed by atoms with Crippen LogP contribution in [0.5, 0.6) is 0 Å². The number of rotatable bonds is 5. The van der Waals surface area contributed by atoms with Crippen LogP contribution < -0.4 is 5.32 Å².